The molecule has 0 unspecified atom stereocenters. The second-order valence-electron chi connectivity index (χ2n) is 11.3. The van der Waals surface area contributed by atoms with Crippen LogP contribution in [0.15, 0.2) is 0 Å². The Morgan fingerprint density at radius 2 is 1.14 bits per heavy atom. The third-order valence-corrected chi connectivity index (χ3v) is 4.27. The number of carbonyl (C=O) groups excluding carboxylic acids is 3. The SMILES string of the molecule is Cc1nc(C)c(C(=O)OC(C)(C)C)c(C[C@H](NC(=O)OC(C)(C)C)C(=O)O)c1C(=O)OC(C)(C)C. The summed E-state index contributed by atoms with van der Waals surface area (Å²) in [7, 11) is 0. The molecule has 1 rings (SSSR count). The highest BCUT2D eigenvalue weighted by molar-refractivity contribution is 6.00. The summed E-state index contributed by atoms with van der Waals surface area (Å²) in [6.45, 7) is 18.1. The minimum Gasteiger partial charge on any atom is -0.480 e. The number of esters is 2. The largest absolute Gasteiger partial charge is 0.480 e. The first-order valence-electron chi connectivity index (χ1n) is 11.3. The van der Waals surface area contributed by atoms with Crippen LogP contribution in [-0.4, -0.2) is 56.9 Å². The summed E-state index contributed by atoms with van der Waals surface area (Å²) in [5, 5.41) is 12.1. The van der Waals surface area contributed by atoms with Crippen molar-refractivity contribution >= 4 is 24.0 Å². The Kier molecular flexibility index (Phi) is 9.06. The van der Waals surface area contributed by atoms with Crippen LogP contribution in [-0.2, 0) is 25.4 Å². The molecule has 1 atom stereocenters. The van der Waals surface area contributed by atoms with Gasteiger partial charge in [0.15, 0.2) is 0 Å². The molecule has 0 saturated heterocycles. The van der Waals surface area contributed by atoms with Gasteiger partial charge in [-0.1, -0.05) is 0 Å². The van der Waals surface area contributed by atoms with Gasteiger partial charge in [0.05, 0.1) is 22.5 Å². The van der Waals surface area contributed by atoms with Crippen LogP contribution in [0.1, 0.15) is 100.0 Å². The fraction of sp³-hybridized carbons (Fsp3) is 0.640. The van der Waals surface area contributed by atoms with Crippen molar-refractivity contribution in [3.63, 3.8) is 0 Å². The maximum Gasteiger partial charge on any atom is 0.408 e. The summed E-state index contributed by atoms with van der Waals surface area (Å²) < 4.78 is 16.2. The Bertz CT molecular complexity index is 942. The maximum absolute atomic E-state index is 13.2. The molecule has 10 nitrogen and oxygen atoms in total. The van der Waals surface area contributed by atoms with Crippen LogP contribution in [0.3, 0.4) is 0 Å². The van der Waals surface area contributed by atoms with Gasteiger partial charge in [-0.05, 0) is 81.7 Å². The summed E-state index contributed by atoms with van der Waals surface area (Å²) in [5.41, 5.74) is -2.13. The van der Waals surface area contributed by atoms with Crippen LogP contribution in [0.25, 0.3) is 0 Å². The molecule has 0 fully saturated rings. The van der Waals surface area contributed by atoms with Gasteiger partial charge in [-0.15, -0.1) is 0 Å². The minimum absolute atomic E-state index is 0.0522. The van der Waals surface area contributed by atoms with Gasteiger partial charge >= 0.3 is 24.0 Å². The molecule has 10 heteroatoms. The Labute approximate surface area is 206 Å². The number of pyridine rings is 1. The number of nitrogens with zero attached hydrogens (tertiary/aromatic N) is 1. The molecule has 0 bridgehead atoms. The zero-order valence-corrected chi connectivity index (χ0v) is 22.5. The number of amides is 1. The van der Waals surface area contributed by atoms with Gasteiger partial charge in [0.1, 0.15) is 22.8 Å². The van der Waals surface area contributed by atoms with Crippen LogP contribution < -0.4 is 5.32 Å². The second-order valence-corrected chi connectivity index (χ2v) is 11.3. The smallest absolute Gasteiger partial charge is 0.408 e. The van der Waals surface area contributed by atoms with Gasteiger partial charge in [-0.3, -0.25) is 4.98 Å². The number of aromatic nitrogens is 1. The molecule has 1 heterocycles. The number of hydrogen-bond acceptors (Lipinski definition) is 8. The molecule has 196 valence electrons. The highest BCUT2D eigenvalue weighted by atomic mass is 16.6. The molecular weight excluding hydrogens is 456 g/mol. The molecule has 1 aromatic heterocycles. The van der Waals surface area contributed by atoms with E-state index >= 15 is 0 Å². The van der Waals surface area contributed by atoms with E-state index < -0.39 is 53.3 Å². The van der Waals surface area contributed by atoms with Crippen molar-refractivity contribution in [2.24, 2.45) is 0 Å². The van der Waals surface area contributed by atoms with Gasteiger partial charge < -0.3 is 24.6 Å². The molecule has 1 aromatic rings. The zero-order valence-electron chi connectivity index (χ0n) is 22.5. The summed E-state index contributed by atoms with van der Waals surface area (Å²) in [5.74, 6) is -2.93. The van der Waals surface area contributed by atoms with Crippen molar-refractivity contribution in [1.82, 2.24) is 10.3 Å². The number of aliphatic carboxylic acids is 1. The lowest BCUT2D eigenvalue weighted by molar-refractivity contribution is -0.139. The molecule has 0 radical (unpaired) electrons. The van der Waals surface area contributed by atoms with Gasteiger partial charge in [0.25, 0.3) is 0 Å². The molecule has 35 heavy (non-hydrogen) atoms. The summed E-state index contributed by atoms with van der Waals surface area (Å²) in [4.78, 5) is 55.1. The molecule has 2 N–H and O–H groups in total. The van der Waals surface area contributed by atoms with E-state index in [0.717, 1.165) is 0 Å². The maximum atomic E-state index is 13.2. The lowest BCUT2D eigenvalue weighted by atomic mass is 9.92. The van der Waals surface area contributed by atoms with E-state index in [2.05, 4.69) is 10.3 Å². The average Bonchev–Trinajstić information content (AvgIpc) is 2.55. The lowest BCUT2D eigenvalue weighted by Crippen LogP contribution is -2.45. The summed E-state index contributed by atoms with van der Waals surface area (Å²) >= 11 is 0. The standard InChI is InChI=1S/C25H38N2O8/c1-13-17(20(30)33-23(3,4)5)15(18(14(2)26-13)21(31)34-24(6,7)8)12-16(19(28)29)27-22(32)35-25(9,10)11/h16H,12H2,1-11H3,(H,27,32)(H,28,29)/t16-/m0/s1. The Morgan fingerprint density at radius 3 is 1.46 bits per heavy atom. The molecule has 1 amide bonds. The fourth-order valence-electron chi connectivity index (χ4n) is 3.18. The fourth-order valence-corrected chi connectivity index (χ4v) is 3.18. The third-order valence-electron chi connectivity index (χ3n) is 4.27. The van der Waals surface area contributed by atoms with Crippen molar-refractivity contribution < 1.29 is 38.5 Å². The molecule has 0 aliphatic carbocycles. The first-order valence-corrected chi connectivity index (χ1v) is 11.3. The molecular formula is C25H38N2O8. The van der Waals surface area contributed by atoms with Crippen LogP contribution in [0, 0.1) is 13.8 Å². The summed E-state index contributed by atoms with van der Waals surface area (Å²) in [6.07, 6.45) is -1.37. The first-order chi connectivity index (χ1) is 15.6. The number of nitrogens with one attached hydrogen (secondary N) is 1. The highest BCUT2D eigenvalue weighted by Gasteiger charge is 2.34. The number of alkyl carbamates (subject to hydrolysis) is 1. The van der Waals surface area contributed by atoms with Crippen molar-refractivity contribution in [3.05, 3.63) is 28.1 Å². The van der Waals surface area contributed by atoms with E-state index in [1.807, 2.05) is 0 Å². The molecule has 0 aromatic carbocycles. The molecule has 0 aliphatic heterocycles. The molecule has 0 saturated carbocycles. The van der Waals surface area contributed by atoms with E-state index in [-0.39, 0.29) is 28.1 Å². The first kappa shape index (κ1) is 29.9. The van der Waals surface area contributed by atoms with E-state index in [4.69, 9.17) is 14.2 Å². The van der Waals surface area contributed by atoms with Crippen LogP contribution >= 0.6 is 0 Å². The summed E-state index contributed by atoms with van der Waals surface area (Å²) in [6, 6.07) is -1.52. The lowest BCUT2D eigenvalue weighted by Gasteiger charge is -2.26. The van der Waals surface area contributed by atoms with Gasteiger partial charge in [-0.2, -0.15) is 0 Å². The molecule has 0 aliphatic rings. The topological polar surface area (TPSA) is 141 Å². The monoisotopic (exact) mass is 494 g/mol. The van der Waals surface area contributed by atoms with Gasteiger partial charge in [0, 0.05) is 6.42 Å². The van der Waals surface area contributed by atoms with Crippen LogP contribution in [0.5, 0.6) is 0 Å². The van der Waals surface area contributed by atoms with Crippen molar-refractivity contribution in [2.45, 2.75) is 105 Å². The zero-order chi connectivity index (χ0) is 27.5. The van der Waals surface area contributed by atoms with Crippen molar-refractivity contribution in [2.75, 3.05) is 0 Å². The van der Waals surface area contributed by atoms with Gasteiger partial charge in [-0.25, -0.2) is 19.2 Å². The predicted molar refractivity (Wildman–Crippen MR) is 129 cm³/mol. The van der Waals surface area contributed by atoms with Gasteiger partial charge in [0.2, 0.25) is 0 Å². The number of carbonyl (C=O) groups is 4. The van der Waals surface area contributed by atoms with Crippen LogP contribution in [0.4, 0.5) is 4.79 Å². The number of aryl methyl sites for hydroxylation is 2. The van der Waals surface area contributed by atoms with E-state index in [1.54, 1.807) is 76.2 Å². The van der Waals surface area contributed by atoms with E-state index in [1.165, 1.54) is 0 Å². The normalized spacial score (nSPS) is 13.0. The number of rotatable bonds is 6. The Hall–Kier alpha value is -3.17. The minimum atomic E-state index is -1.52. The quantitative estimate of drug-likeness (QED) is 0.441. The number of hydrogen-bond donors (Lipinski definition) is 2. The number of carboxylic acid groups (broad SMARTS) is 1. The number of carboxylic acids is 1. The third kappa shape index (κ3) is 9.54. The Balaban J connectivity index is 3.72. The van der Waals surface area contributed by atoms with E-state index in [9.17, 15) is 24.3 Å². The van der Waals surface area contributed by atoms with Crippen molar-refractivity contribution in [3.8, 4) is 0 Å². The Morgan fingerprint density at radius 1 is 0.771 bits per heavy atom. The average molecular weight is 495 g/mol. The number of ether oxygens (including phenoxy) is 3. The molecule has 0 spiro atoms. The van der Waals surface area contributed by atoms with E-state index in [0.29, 0.717) is 0 Å². The second kappa shape index (κ2) is 10.6. The van der Waals surface area contributed by atoms with Crippen molar-refractivity contribution in [1.29, 1.82) is 0 Å². The van der Waals surface area contributed by atoms with Crippen LogP contribution in [0.2, 0.25) is 0 Å². The highest BCUT2D eigenvalue weighted by Crippen LogP contribution is 2.27. The predicted octanol–water partition coefficient (Wildman–Crippen LogP) is 4.13.